The molecule has 34 heavy (non-hydrogen) atoms. The van der Waals surface area contributed by atoms with Crippen molar-refractivity contribution in [3.05, 3.63) is 11.8 Å². The van der Waals surface area contributed by atoms with Crippen molar-refractivity contribution >= 4 is 30.0 Å². The Bertz CT molecular complexity index is 861. The highest BCUT2D eigenvalue weighted by molar-refractivity contribution is 5.91. The number of nitrogens with one attached hydrogen (secondary N) is 1. The average Bonchev–Trinajstić information content (AvgIpc) is 3.14. The molecule has 13 nitrogen and oxygen atoms in total. The van der Waals surface area contributed by atoms with E-state index in [4.69, 9.17) is 33.5 Å². The highest BCUT2D eigenvalue weighted by Crippen LogP contribution is 2.31. The Morgan fingerprint density at radius 1 is 1.29 bits per heavy atom. The number of cyclic esters (lactones) is 2. The van der Waals surface area contributed by atoms with Gasteiger partial charge >= 0.3 is 24.2 Å². The van der Waals surface area contributed by atoms with Gasteiger partial charge in [0.1, 0.15) is 36.9 Å². The Kier molecular flexibility index (Phi) is 8.85. The smallest absolute Gasteiger partial charge is 0.480 e. The standard InChI is InChI=1S/C21H30N2O11/c1-10-12(22-11(2)23-19(27)34-21(3,4)5)7-13(18(26)29-6)32-16(10)17(30-9-15(24)25)14-8-31-20(28)33-14/h7,10,12,14,16-17H,8-9H2,1-6H3,(H,24,25)(H,22,23,27)/t10-,12+,14+,16-,17+/m0/s1. The molecule has 0 spiro atoms. The van der Waals surface area contributed by atoms with Crippen molar-refractivity contribution in [1.82, 2.24) is 5.32 Å². The van der Waals surface area contributed by atoms with Crippen LogP contribution in [0.3, 0.4) is 0 Å². The summed E-state index contributed by atoms with van der Waals surface area (Å²) in [5, 5.41) is 12.1. The van der Waals surface area contributed by atoms with Crippen LogP contribution in [0.25, 0.3) is 0 Å². The number of carbonyl (C=O) groups excluding carboxylic acids is 3. The van der Waals surface area contributed by atoms with E-state index in [0.29, 0.717) is 0 Å². The Labute approximate surface area is 196 Å². The zero-order valence-electron chi connectivity index (χ0n) is 19.9. The number of carboxylic acid groups (broad SMARTS) is 1. The van der Waals surface area contributed by atoms with Gasteiger partial charge in [0, 0.05) is 5.92 Å². The average molecular weight is 486 g/mol. The normalized spacial score (nSPS) is 25.8. The lowest BCUT2D eigenvalue weighted by Gasteiger charge is -2.40. The first kappa shape index (κ1) is 26.9. The van der Waals surface area contributed by atoms with E-state index in [2.05, 4.69) is 10.3 Å². The van der Waals surface area contributed by atoms with Crippen LogP contribution >= 0.6 is 0 Å². The van der Waals surface area contributed by atoms with Gasteiger partial charge in [-0.2, -0.15) is 4.99 Å². The number of nitrogens with zero attached hydrogens (tertiary/aromatic N) is 1. The monoisotopic (exact) mass is 486 g/mol. The second kappa shape index (κ2) is 11.2. The van der Waals surface area contributed by atoms with Crippen LogP contribution in [0.5, 0.6) is 0 Å². The van der Waals surface area contributed by atoms with Gasteiger partial charge in [0.05, 0.1) is 13.2 Å². The van der Waals surface area contributed by atoms with Gasteiger partial charge in [-0.1, -0.05) is 6.92 Å². The van der Waals surface area contributed by atoms with Gasteiger partial charge in [0.15, 0.2) is 6.10 Å². The summed E-state index contributed by atoms with van der Waals surface area (Å²) in [6, 6.07) is -0.631. The van der Waals surface area contributed by atoms with Crippen LogP contribution in [-0.2, 0) is 38.0 Å². The number of rotatable bonds is 7. The van der Waals surface area contributed by atoms with Crippen LogP contribution < -0.4 is 5.32 Å². The summed E-state index contributed by atoms with van der Waals surface area (Å²) in [4.78, 5) is 50.7. The van der Waals surface area contributed by atoms with Gasteiger partial charge in [0.25, 0.3) is 0 Å². The number of hydrogen-bond donors (Lipinski definition) is 2. The van der Waals surface area contributed by atoms with E-state index in [-0.39, 0.29) is 18.2 Å². The molecular weight excluding hydrogens is 456 g/mol. The molecule has 1 amide bonds. The Hall–Kier alpha value is -3.35. The Morgan fingerprint density at radius 2 is 1.97 bits per heavy atom. The fourth-order valence-corrected chi connectivity index (χ4v) is 3.35. The van der Waals surface area contributed by atoms with Crippen molar-refractivity contribution in [3.63, 3.8) is 0 Å². The molecule has 2 aliphatic heterocycles. The van der Waals surface area contributed by atoms with Crippen molar-refractivity contribution in [1.29, 1.82) is 0 Å². The van der Waals surface area contributed by atoms with Crippen molar-refractivity contribution < 1.29 is 52.7 Å². The zero-order valence-corrected chi connectivity index (χ0v) is 19.9. The number of methoxy groups -OCH3 is 1. The van der Waals surface area contributed by atoms with Crippen LogP contribution in [0, 0.1) is 5.92 Å². The summed E-state index contributed by atoms with van der Waals surface area (Å²) in [7, 11) is 1.17. The summed E-state index contributed by atoms with van der Waals surface area (Å²) < 4.78 is 31.1. The zero-order chi connectivity index (χ0) is 25.6. The highest BCUT2D eigenvalue weighted by Gasteiger charge is 2.46. The van der Waals surface area contributed by atoms with Crippen LogP contribution in [0.2, 0.25) is 0 Å². The maximum atomic E-state index is 12.3. The second-order valence-corrected chi connectivity index (χ2v) is 8.70. The number of amidine groups is 1. The van der Waals surface area contributed by atoms with Gasteiger partial charge in [-0.05, 0) is 33.8 Å². The maximum absolute atomic E-state index is 12.3. The predicted octanol–water partition coefficient (Wildman–Crippen LogP) is 1.40. The van der Waals surface area contributed by atoms with Crippen LogP contribution in [0.1, 0.15) is 34.6 Å². The first-order valence-electron chi connectivity index (χ1n) is 10.5. The summed E-state index contributed by atoms with van der Waals surface area (Å²) >= 11 is 0. The maximum Gasteiger partial charge on any atom is 0.508 e. The van der Waals surface area contributed by atoms with E-state index in [1.165, 1.54) is 20.1 Å². The fraction of sp³-hybridized carbons (Fsp3) is 0.667. The number of amides is 1. The topological polar surface area (TPSA) is 168 Å². The minimum absolute atomic E-state index is 0.178. The molecule has 13 heteroatoms. The minimum atomic E-state index is -1.25. The van der Waals surface area contributed by atoms with Crippen molar-refractivity contribution in [2.75, 3.05) is 20.3 Å². The number of ether oxygens (including phenoxy) is 6. The molecule has 1 saturated heterocycles. The third-order valence-corrected chi connectivity index (χ3v) is 4.80. The molecular formula is C21H30N2O11. The van der Waals surface area contributed by atoms with Crippen LogP contribution in [-0.4, -0.2) is 85.4 Å². The van der Waals surface area contributed by atoms with Crippen molar-refractivity contribution in [2.45, 2.75) is 64.6 Å². The molecule has 0 unspecified atom stereocenters. The van der Waals surface area contributed by atoms with Gasteiger partial charge in [-0.25, -0.2) is 19.2 Å². The fourth-order valence-electron chi connectivity index (χ4n) is 3.35. The molecule has 0 radical (unpaired) electrons. The number of aliphatic imine (C=N–C) groups is 1. The van der Waals surface area contributed by atoms with Crippen molar-refractivity contribution in [3.8, 4) is 0 Å². The molecule has 2 N–H and O–H groups in total. The summed E-state index contributed by atoms with van der Waals surface area (Å²) in [5.41, 5.74) is -0.731. The van der Waals surface area contributed by atoms with Gasteiger partial charge < -0.3 is 38.8 Å². The predicted molar refractivity (Wildman–Crippen MR) is 114 cm³/mol. The summed E-state index contributed by atoms with van der Waals surface area (Å²) in [6.07, 6.45) is -3.33. The SMILES string of the molecule is COC(=O)C1=C[C@@H](N/C(C)=N\C(=O)OC(C)(C)C)[C@H](C)[C@@H]([C@H](OCC(=O)O)[C@H]2COC(=O)O2)O1. The Morgan fingerprint density at radius 3 is 2.50 bits per heavy atom. The van der Waals surface area contributed by atoms with Gasteiger partial charge in [0.2, 0.25) is 5.76 Å². The molecule has 2 rings (SSSR count). The van der Waals surface area contributed by atoms with E-state index in [9.17, 15) is 19.2 Å². The molecule has 190 valence electrons. The molecule has 0 aromatic heterocycles. The number of aliphatic carboxylic acids is 1. The van der Waals surface area contributed by atoms with Gasteiger partial charge in [-0.3, -0.25) is 0 Å². The lowest BCUT2D eigenvalue weighted by Crippen LogP contribution is -2.54. The first-order chi connectivity index (χ1) is 15.8. The minimum Gasteiger partial charge on any atom is -0.480 e. The lowest BCUT2D eigenvalue weighted by atomic mass is 9.87. The number of hydrogen-bond acceptors (Lipinski definition) is 10. The molecule has 0 saturated carbocycles. The molecule has 5 atom stereocenters. The van der Waals surface area contributed by atoms with E-state index >= 15 is 0 Å². The molecule has 1 fully saturated rings. The highest BCUT2D eigenvalue weighted by atomic mass is 16.8. The van der Waals surface area contributed by atoms with Gasteiger partial charge in [-0.15, -0.1) is 0 Å². The van der Waals surface area contributed by atoms with Crippen LogP contribution in [0.4, 0.5) is 9.59 Å². The molecule has 2 aliphatic rings. The van der Waals surface area contributed by atoms with Crippen molar-refractivity contribution in [2.24, 2.45) is 10.9 Å². The van der Waals surface area contributed by atoms with E-state index in [1.54, 1.807) is 27.7 Å². The Balaban J connectivity index is 2.31. The molecule has 0 aromatic carbocycles. The first-order valence-corrected chi connectivity index (χ1v) is 10.5. The van der Waals surface area contributed by atoms with E-state index in [0.717, 1.165) is 0 Å². The van der Waals surface area contributed by atoms with Crippen LogP contribution in [0.15, 0.2) is 16.8 Å². The number of carboxylic acids is 1. The molecule has 0 bridgehead atoms. The molecule has 0 aromatic rings. The largest absolute Gasteiger partial charge is 0.508 e. The summed E-state index contributed by atoms with van der Waals surface area (Å²) in [6.45, 7) is 7.49. The quantitative estimate of drug-likeness (QED) is 0.230. The third kappa shape index (κ3) is 7.61. The van der Waals surface area contributed by atoms with E-state index < -0.39 is 66.7 Å². The molecule has 0 aliphatic carbocycles. The lowest BCUT2D eigenvalue weighted by molar-refractivity contribution is -0.163. The summed E-state index contributed by atoms with van der Waals surface area (Å²) in [5.74, 6) is -2.51. The second-order valence-electron chi connectivity index (χ2n) is 8.70. The molecule has 2 heterocycles. The number of esters is 1. The number of carbonyl (C=O) groups is 4. The van der Waals surface area contributed by atoms with E-state index in [1.807, 2.05) is 0 Å². The third-order valence-electron chi connectivity index (χ3n) is 4.80.